The second kappa shape index (κ2) is 5.95. The number of carbonyl (C=O) groups excluding carboxylic acids is 1. The van der Waals surface area contributed by atoms with Crippen LogP contribution < -0.4 is 11.1 Å². The molecule has 0 aliphatic carbocycles. The summed E-state index contributed by atoms with van der Waals surface area (Å²) in [7, 11) is 0. The highest BCUT2D eigenvalue weighted by Crippen LogP contribution is 2.23. The molecule has 1 amide bonds. The number of halogens is 4. The highest BCUT2D eigenvalue weighted by Gasteiger charge is 2.26. The van der Waals surface area contributed by atoms with Crippen molar-refractivity contribution in [1.82, 2.24) is 5.32 Å². The van der Waals surface area contributed by atoms with Crippen LogP contribution in [0.5, 0.6) is 0 Å². The topological polar surface area (TPSA) is 55.1 Å². The molecule has 0 radical (unpaired) electrons. The lowest BCUT2D eigenvalue weighted by molar-refractivity contribution is -0.135. The van der Waals surface area contributed by atoms with E-state index in [1.165, 1.54) is 12.1 Å². The molecule has 1 rings (SSSR count). The van der Waals surface area contributed by atoms with Gasteiger partial charge in [0.2, 0.25) is 0 Å². The molecule has 0 saturated heterocycles. The van der Waals surface area contributed by atoms with Crippen LogP contribution in [0, 0.1) is 0 Å². The summed E-state index contributed by atoms with van der Waals surface area (Å²) >= 11 is 5.73. The second-order valence-electron chi connectivity index (χ2n) is 3.68. The van der Waals surface area contributed by atoms with Gasteiger partial charge in [-0.2, -0.15) is 13.2 Å². The quantitative estimate of drug-likeness (QED) is 0.658. The van der Waals surface area contributed by atoms with Crippen molar-refractivity contribution in [2.45, 2.75) is 19.0 Å². The van der Waals surface area contributed by atoms with Crippen molar-refractivity contribution < 1.29 is 18.0 Å². The Bertz CT molecular complexity index is 435. The number of anilines is 1. The molecule has 7 heteroatoms. The lowest BCUT2D eigenvalue weighted by atomic mass is 10.1. The van der Waals surface area contributed by atoms with Crippen molar-refractivity contribution in [3.63, 3.8) is 0 Å². The standard InChI is InChI=1S/C11H12ClF3N2O/c12-8-4-1-3-7(9(8)16)10(18)17-6-2-5-11(13,14)15/h1,3-4H,2,5-6,16H2,(H,17,18). The first-order valence-corrected chi connectivity index (χ1v) is 5.58. The maximum Gasteiger partial charge on any atom is 0.389 e. The molecule has 18 heavy (non-hydrogen) atoms. The molecule has 1 aromatic carbocycles. The van der Waals surface area contributed by atoms with E-state index in [1.54, 1.807) is 6.07 Å². The van der Waals surface area contributed by atoms with E-state index in [0.717, 1.165) is 0 Å². The molecular weight excluding hydrogens is 269 g/mol. The fourth-order valence-corrected chi connectivity index (χ4v) is 1.50. The number of amides is 1. The summed E-state index contributed by atoms with van der Waals surface area (Å²) in [6.45, 7) is -0.0652. The Labute approximate surface area is 107 Å². The highest BCUT2D eigenvalue weighted by atomic mass is 35.5. The zero-order valence-electron chi connectivity index (χ0n) is 9.35. The summed E-state index contributed by atoms with van der Waals surface area (Å²) in [4.78, 5) is 11.6. The van der Waals surface area contributed by atoms with Gasteiger partial charge in [0, 0.05) is 13.0 Å². The first-order chi connectivity index (χ1) is 8.31. The van der Waals surface area contributed by atoms with Crippen LogP contribution in [0.15, 0.2) is 18.2 Å². The third kappa shape index (κ3) is 4.44. The van der Waals surface area contributed by atoms with Crippen LogP contribution in [0.3, 0.4) is 0 Å². The molecule has 0 atom stereocenters. The van der Waals surface area contributed by atoms with Crippen molar-refractivity contribution >= 4 is 23.2 Å². The molecular formula is C11H12ClF3N2O. The average molecular weight is 281 g/mol. The van der Waals surface area contributed by atoms with Gasteiger partial charge in [-0.25, -0.2) is 0 Å². The number of carbonyl (C=O) groups is 1. The Morgan fingerprint density at radius 1 is 1.39 bits per heavy atom. The van der Waals surface area contributed by atoms with Gasteiger partial charge in [-0.05, 0) is 18.6 Å². The molecule has 0 saturated carbocycles. The van der Waals surface area contributed by atoms with Gasteiger partial charge in [0.25, 0.3) is 5.91 Å². The number of benzene rings is 1. The molecule has 0 unspecified atom stereocenters. The van der Waals surface area contributed by atoms with Gasteiger partial charge in [-0.15, -0.1) is 0 Å². The Balaban J connectivity index is 2.49. The van der Waals surface area contributed by atoms with Crippen molar-refractivity contribution in [3.8, 4) is 0 Å². The Kier molecular flexibility index (Phi) is 4.84. The van der Waals surface area contributed by atoms with Crippen molar-refractivity contribution in [1.29, 1.82) is 0 Å². The summed E-state index contributed by atoms with van der Waals surface area (Å²) in [5.74, 6) is -0.530. The molecule has 0 aliphatic heterocycles. The van der Waals surface area contributed by atoms with E-state index >= 15 is 0 Å². The molecule has 0 heterocycles. The summed E-state index contributed by atoms with van der Waals surface area (Å²) in [5, 5.41) is 2.60. The van der Waals surface area contributed by atoms with Crippen molar-refractivity contribution in [3.05, 3.63) is 28.8 Å². The van der Waals surface area contributed by atoms with Crippen LogP contribution in [0.4, 0.5) is 18.9 Å². The summed E-state index contributed by atoms with van der Waals surface area (Å²) in [6.07, 6.45) is -5.31. The zero-order chi connectivity index (χ0) is 13.8. The number of para-hydroxylation sites is 1. The Hall–Kier alpha value is -1.43. The van der Waals surface area contributed by atoms with Gasteiger partial charge in [-0.3, -0.25) is 4.79 Å². The van der Waals surface area contributed by atoms with Crippen molar-refractivity contribution in [2.75, 3.05) is 12.3 Å². The lowest BCUT2D eigenvalue weighted by Gasteiger charge is -2.09. The molecule has 3 N–H and O–H groups in total. The number of nitrogens with two attached hydrogens (primary N) is 1. The van der Waals surface area contributed by atoms with Crippen LogP contribution in [0.25, 0.3) is 0 Å². The predicted octanol–water partition coefficient (Wildman–Crippen LogP) is 2.99. The van der Waals surface area contributed by atoms with Crippen LogP contribution in [0.2, 0.25) is 5.02 Å². The van der Waals surface area contributed by atoms with E-state index < -0.39 is 18.5 Å². The van der Waals surface area contributed by atoms with E-state index in [9.17, 15) is 18.0 Å². The summed E-state index contributed by atoms with van der Waals surface area (Å²) in [5.41, 5.74) is 5.86. The molecule has 100 valence electrons. The minimum atomic E-state index is -4.21. The number of nitrogens with one attached hydrogen (secondary N) is 1. The number of rotatable bonds is 4. The molecule has 3 nitrogen and oxygen atoms in total. The van der Waals surface area contributed by atoms with E-state index in [4.69, 9.17) is 17.3 Å². The monoisotopic (exact) mass is 280 g/mol. The molecule has 1 aromatic rings. The number of hydrogen-bond donors (Lipinski definition) is 2. The largest absolute Gasteiger partial charge is 0.397 e. The SMILES string of the molecule is Nc1c(Cl)cccc1C(=O)NCCCC(F)(F)F. The first-order valence-electron chi connectivity index (χ1n) is 5.20. The van der Waals surface area contributed by atoms with Gasteiger partial charge < -0.3 is 11.1 Å². The molecule has 0 fully saturated rings. The predicted molar refractivity (Wildman–Crippen MR) is 63.5 cm³/mol. The lowest BCUT2D eigenvalue weighted by Crippen LogP contribution is -2.26. The molecule has 0 bridgehead atoms. The minimum Gasteiger partial charge on any atom is -0.397 e. The number of alkyl halides is 3. The summed E-state index contributed by atoms with van der Waals surface area (Å²) < 4.78 is 35.6. The molecule has 0 spiro atoms. The first kappa shape index (κ1) is 14.6. The average Bonchev–Trinajstić information content (AvgIpc) is 2.26. The summed E-state index contributed by atoms with van der Waals surface area (Å²) in [6, 6.07) is 4.53. The van der Waals surface area contributed by atoms with Gasteiger partial charge in [0.05, 0.1) is 16.3 Å². The van der Waals surface area contributed by atoms with Gasteiger partial charge in [0.15, 0.2) is 0 Å². The molecule has 0 aliphatic rings. The fraction of sp³-hybridized carbons (Fsp3) is 0.364. The van der Waals surface area contributed by atoms with E-state index in [0.29, 0.717) is 0 Å². The van der Waals surface area contributed by atoms with Crippen LogP contribution in [-0.4, -0.2) is 18.6 Å². The van der Waals surface area contributed by atoms with E-state index in [-0.39, 0.29) is 29.2 Å². The number of hydrogen-bond acceptors (Lipinski definition) is 2. The third-order valence-electron chi connectivity index (χ3n) is 2.22. The zero-order valence-corrected chi connectivity index (χ0v) is 10.1. The van der Waals surface area contributed by atoms with Crippen LogP contribution in [0.1, 0.15) is 23.2 Å². The van der Waals surface area contributed by atoms with E-state index in [2.05, 4.69) is 5.32 Å². The van der Waals surface area contributed by atoms with Crippen LogP contribution >= 0.6 is 11.6 Å². The fourth-order valence-electron chi connectivity index (χ4n) is 1.32. The van der Waals surface area contributed by atoms with Gasteiger partial charge in [-0.1, -0.05) is 17.7 Å². The maximum atomic E-state index is 11.9. The number of nitrogen functional groups attached to an aromatic ring is 1. The van der Waals surface area contributed by atoms with Gasteiger partial charge >= 0.3 is 6.18 Å². The normalized spacial score (nSPS) is 11.3. The Morgan fingerprint density at radius 2 is 2.06 bits per heavy atom. The van der Waals surface area contributed by atoms with Crippen molar-refractivity contribution in [2.24, 2.45) is 0 Å². The smallest absolute Gasteiger partial charge is 0.389 e. The Morgan fingerprint density at radius 3 is 2.67 bits per heavy atom. The van der Waals surface area contributed by atoms with Gasteiger partial charge in [0.1, 0.15) is 0 Å². The maximum absolute atomic E-state index is 11.9. The minimum absolute atomic E-state index is 0.0652. The van der Waals surface area contributed by atoms with Crippen LogP contribution in [-0.2, 0) is 0 Å². The highest BCUT2D eigenvalue weighted by molar-refractivity contribution is 6.33. The third-order valence-corrected chi connectivity index (χ3v) is 2.55. The van der Waals surface area contributed by atoms with E-state index in [1.807, 2.05) is 0 Å². The molecule has 0 aromatic heterocycles. The second-order valence-corrected chi connectivity index (χ2v) is 4.08.